The van der Waals surface area contributed by atoms with Crippen LogP contribution in [0.25, 0.3) is 0 Å². The van der Waals surface area contributed by atoms with Gasteiger partial charge in [0, 0.05) is 6.04 Å². The van der Waals surface area contributed by atoms with E-state index in [1.54, 1.807) is 0 Å². The molecule has 1 aliphatic heterocycles. The van der Waals surface area contributed by atoms with Crippen molar-refractivity contribution in [2.45, 2.75) is 76.8 Å². The van der Waals surface area contributed by atoms with Crippen molar-refractivity contribution in [1.29, 1.82) is 0 Å². The summed E-state index contributed by atoms with van der Waals surface area (Å²) in [5, 5.41) is 7.60. The topological polar surface area (TPSA) is 73.5 Å². The number of hydrazine groups is 1. The zero-order valence-electron chi connectivity index (χ0n) is 14.6. The monoisotopic (exact) mass is 352 g/mol. The third-order valence-electron chi connectivity index (χ3n) is 5.93. The van der Waals surface area contributed by atoms with Gasteiger partial charge in [-0.15, -0.1) is 0 Å². The minimum Gasteiger partial charge on any atom is -0.358 e. The predicted octanol–water partition coefficient (Wildman–Crippen LogP) is 2.44. The molecule has 0 radical (unpaired) electrons. The molecule has 3 aliphatic rings. The third-order valence-corrected chi connectivity index (χ3v) is 6.14. The smallest absolute Gasteiger partial charge is 0.344 e. The molecule has 0 aromatic carbocycles. The molecule has 2 atom stereocenters. The maximum Gasteiger partial charge on any atom is 0.344 e. The lowest BCUT2D eigenvalue weighted by atomic mass is 9.77. The van der Waals surface area contributed by atoms with E-state index >= 15 is 0 Å². The first-order valence-corrected chi connectivity index (χ1v) is 9.56. The van der Waals surface area contributed by atoms with E-state index in [1.807, 2.05) is 0 Å². The van der Waals surface area contributed by atoms with Gasteiger partial charge in [0.15, 0.2) is 5.11 Å². The van der Waals surface area contributed by atoms with Crippen LogP contribution < -0.4 is 16.1 Å². The Hall–Kier alpha value is -1.37. The summed E-state index contributed by atoms with van der Waals surface area (Å²) in [6.45, 7) is 4.40. The summed E-state index contributed by atoms with van der Waals surface area (Å²) in [5.74, 6) is 0.964. The van der Waals surface area contributed by atoms with Gasteiger partial charge < -0.3 is 10.6 Å². The molecule has 3 rings (SSSR count). The molecule has 24 heavy (non-hydrogen) atoms. The summed E-state index contributed by atoms with van der Waals surface area (Å²) < 4.78 is 0. The molecule has 6 nitrogen and oxygen atoms in total. The van der Waals surface area contributed by atoms with Gasteiger partial charge >= 0.3 is 6.03 Å². The standard InChI is InChI=1S/C17H28N4O2S/c1-11-7-9-17(10-8-11)14(22)21(16(23)19-17)20-15(24)18-13-6-4-3-5-12(13)2/h11-13H,3-10H2,1-2H3,(H,19,23)(H2,18,20,24)/t11?,12-,13-,17?/m0/s1. The molecule has 0 aromatic heterocycles. The Morgan fingerprint density at radius 1 is 1.17 bits per heavy atom. The number of nitrogens with zero attached hydrogens (tertiary/aromatic N) is 1. The largest absolute Gasteiger partial charge is 0.358 e. The predicted molar refractivity (Wildman–Crippen MR) is 96.0 cm³/mol. The van der Waals surface area contributed by atoms with Gasteiger partial charge in [-0.2, -0.15) is 5.01 Å². The van der Waals surface area contributed by atoms with Gasteiger partial charge in [0.2, 0.25) is 0 Å². The lowest BCUT2D eigenvalue weighted by Gasteiger charge is -2.34. The van der Waals surface area contributed by atoms with Crippen molar-refractivity contribution < 1.29 is 9.59 Å². The number of nitrogens with one attached hydrogen (secondary N) is 3. The maximum atomic E-state index is 12.8. The van der Waals surface area contributed by atoms with Crippen LogP contribution in [0.1, 0.15) is 65.2 Å². The van der Waals surface area contributed by atoms with Crippen LogP contribution in [0, 0.1) is 11.8 Å². The van der Waals surface area contributed by atoms with Crippen molar-refractivity contribution >= 4 is 29.3 Å². The molecule has 1 heterocycles. The van der Waals surface area contributed by atoms with Crippen LogP contribution in [0.4, 0.5) is 4.79 Å². The van der Waals surface area contributed by atoms with Crippen molar-refractivity contribution in [1.82, 2.24) is 21.1 Å². The highest BCUT2D eigenvalue weighted by Gasteiger charge is 2.52. The lowest BCUT2D eigenvalue weighted by Crippen LogP contribution is -2.55. The highest BCUT2D eigenvalue weighted by atomic mass is 32.1. The van der Waals surface area contributed by atoms with Crippen molar-refractivity contribution in [2.75, 3.05) is 0 Å². The summed E-state index contributed by atoms with van der Waals surface area (Å²) in [6, 6.07) is -0.0839. The number of amides is 3. The number of hydrogen-bond donors (Lipinski definition) is 3. The van der Waals surface area contributed by atoms with Crippen LogP contribution in [0.5, 0.6) is 0 Å². The molecule has 3 fully saturated rings. The number of carbonyl (C=O) groups excluding carboxylic acids is 2. The average molecular weight is 353 g/mol. The van der Waals surface area contributed by atoms with Gasteiger partial charge in [-0.25, -0.2) is 4.79 Å². The molecule has 1 spiro atoms. The third kappa shape index (κ3) is 3.36. The Balaban J connectivity index is 1.59. The summed E-state index contributed by atoms with van der Waals surface area (Å²) in [5.41, 5.74) is 2.09. The Labute approximate surface area is 149 Å². The van der Waals surface area contributed by atoms with E-state index in [0.29, 0.717) is 35.8 Å². The van der Waals surface area contributed by atoms with Crippen LogP contribution in [0.15, 0.2) is 0 Å². The molecule has 1 saturated heterocycles. The van der Waals surface area contributed by atoms with Crippen LogP contribution >= 0.6 is 12.2 Å². The summed E-state index contributed by atoms with van der Waals surface area (Å²) in [6.07, 6.45) is 8.04. The van der Waals surface area contributed by atoms with E-state index in [-0.39, 0.29) is 5.91 Å². The Morgan fingerprint density at radius 3 is 2.50 bits per heavy atom. The SMILES string of the molecule is CC1CCC2(CC1)NC(=O)N(NC(=S)N[C@H]1CCCC[C@@H]1C)C2=O. The van der Waals surface area contributed by atoms with Gasteiger partial charge in [-0.05, 0) is 62.6 Å². The van der Waals surface area contributed by atoms with E-state index in [9.17, 15) is 9.59 Å². The second kappa shape index (κ2) is 6.86. The number of imide groups is 1. The Bertz CT molecular complexity index is 531. The van der Waals surface area contributed by atoms with Crippen molar-refractivity contribution in [3.63, 3.8) is 0 Å². The zero-order chi connectivity index (χ0) is 17.3. The molecule has 0 aromatic rings. The number of thiocarbonyl (C=S) groups is 1. The van der Waals surface area contributed by atoms with Crippen molar-refractivity contribution in [3.05, 3.63) is 0 Å². The first-order chi connectivity index (χ1) is 11.4. The normalized spacial score (nSPS) is 36.6. The summed E-state index contributed by atoms with van der Waals surface area (Å²) in [7, 11) is 0. The first kappa shape index (κ1) is 17.5. The van der Waals surface area contributed by atoms with E-state index in [4.69, 9.17) is 12.2 Å². The second-order valence-electron chi connectivity index (χ2n) is 7.79. The maximum absolute atomic E-state index is 12.8. The molecule has 3 N–H and O–H groups in total. The molecule has 3 amide bonds. The molecule has 2 aliphatic carbocycles. The van der Waals surface area contributed by atoms with Gasteiger partial charge in [-0.3, -0.25) is 10.2 Å². The van der Waals surface area contributed by atoms with Crippen molar-refractivity contribution in [2.24, 2.45) is 11.8 Å². The molecule has 7 heteroatoms. The molecule has 2 saturated carbocycles. The van der Waals surface area contributed by atoms with Gasteiger partial charge in [0.05, 0.1) is 0 Å². The molecule has 134 valence electrons. The minimum absolute atomic E-state index is 0.194. The molecular formula is C17H28N4O2S. The zero-order valence-corrected chi connectivity index (χ0v) is 15.4. The fourth-order valence-corrected chi connectivity index (χ4v) is 4.39. The number of carbonyl (C=O) groups is 2. The van der Waals surface area contributed by atoms with E-state index in [2.05, 4.69) is 29.9 Å². The first-order valence-electron chi connectivity index (χ1n) is 9.15. The highest BCUT2D eigenvalue weighted by molar-refractivity contribution is 7.80. The number of urea groups is 1. The highest BCUT2D eigenvalue weighted by Crippen LogP contribution is 2.35. The number of hydrogen-bond acceptors (Lipinski definition) is 3. The average Bonchev–Trinajstić information content (AvgIpc) is 2.77. The van der Waals surface area contributed by atoms with Crippen LogP contribution in [-0.4, -0.2) is 33.6 Å². The Morgan fingerprint density at radius 2 is 1.83 bits per heavy atom. The van der Waals surface area contributed by atoms with Crippen molar-refractivity contribution in [3.8, 4) is 0 Å². The summed E-state index contributed by atoms with van der Waals surface area (Å²) in [4.78, 5) is 25.1. The van der Waals surface area contributed by atoms with Crippen LogP contribution in [-0.2, 0) is 4.79 Å². The fourth-order valence-electron chi connectivity index (χ4n) is 4.15. The second-order valence-corrected chi connectivity index (χ2v) is 8.20. The summed E-state index contributed by atoms with van der Waals surface area (Å²) >= 11 is 5.34. The van der Waals surface area contributed by atoms with E-state index < -0.39 is 11.6 Å². The lowest BCUT2D eigenvalue weighted by molar-refractivity contribution is -0.133. The minimum atomic E-state index is -0.732. The van der Waals surface area contributed by atoms with Gasteiger partial charge in [0.25, 0.3) is 5.91 Å². The molecule has 0 bridgehead atoms. The van der Waals surface area contributed by atoms with Crippen LogP contribution in [0.3, 0.4) is 0 Å². The quantitative estimate of drug-likeness (QED) is 0.526. The molecule has 0 unspecified atom stereocenters. The fraction of sp³-hybridized carbons (Fsp3) is 0.824. The number of rotatable bonds is 2. The van der Waals surface area contributed by atoms with Gasteiger partial charge in [0.1, 0.15) is 5.54 Å². The van der Waals surface area contributed by atoms with E-state index in [0.717, 1.165) is 24.3 Å². The van der Waals surface area contributed by atoms with E-state index in [1.165, 1.54) is 19.3 Å². The molecular weight excluding hydrogens is 324 g/mol. The Kier molecular flexibility index (Phi) is 4.99. The van der Waals surface area contributed by atoms with Gasteiger partial charge in [-0.1, -0.05) is 26.7 Å². The van der Waals surface area contributed by atoms with Crippen LogP contribution in [0.2, 0.25) is 0 Å².